The summed E-state index contributed by atoms with van der Waals surface area (Å²) in [5, 5.41) is 4.94. The molecular weight excluding hydrogens is 426 g/mol. The molecule has 3 heteroatoms. The van der Waals surface area contributed by atoms with E-state index in [1.54, 1.807) is 0 Å². The van der Waals surface area contributed by atoms with Gasteiger partial charge in [0.05, 0.1) is 11.0 Å². The van der Waals surface area contributed by atoms with E-state index in [1.165, 1.54) is 38.2 Å². The zero-order valence-corrected chi connectivity index (χ0v) is 18.9. The lowest BCUT2D eigenvalue weighted by Crippen LogP contribution is -1.92. The summed E-state index contributed by atoms with van der Waals surface area (Å²) in [5.74, 6) is 0.784. The van der Waals surface area contributed by atoms with E-state index in [2.05, 4.69) is 96.0 Å². The molecule has 1 N–H and O–H groups in total. The highest BCUT2D eigenvalue weighted by Crippen LogP contribution is 2.43. The maximum absolute atomic E-state index is 4.82. The lowest BCUT2D eigenvalue weighted by molar-refractivity contribution is 1.24. The minimum Gasteiger partial charge on any atom is -0.337 e. The average molecular weight is 448 g/mol. The molecule has 3 nitrogen and oxygen atoms in total. The SMILES string of the molecule is c1ccc(-c2c3ccccc3c(-c3ccc(-c4nc5ccccc5[nH]4)nc3)c3ccccc23)cc1. The van der Waals surface area contributed by atoms with Gasteiger partial charge in [0.2, 0.25) is 0 Å². The molecule has 164 valence electrons. The third kappa shape index (κ3) is 3.21. The van der Waals surface area contributed by atoms with Gasteiger partial charge < -0.3 is 4.98 Å². The van der Waals surface area contributed by atoms with Gasteiger partial charge in [-0.3, -0.25) is 4.98 Å². The summed E-state index contributed by atoms with van der Waals surface area (Å²) in [5.41, 5.74) is 7.59. The third-order valence-corrected chi connectivity index (χ3v) is 6.68. The number of H-pyrrole nitrogens is 1. The molecular formula is C32H21N3. The predicted octanol–water partition coefficient (Wildman–Crippen LogP) is 8.27. The quantitative estimate of drug-likeness (QED) is 0.277. The van der Waals surface area contributed by atoms with Crippen LogP contribution in [0.25, 0.3) is 66.4 Å². The number of nitrogens with one attached hydrogen (secondary N) is 1. The van der Waals surface area contributed by atoms with Crippen molar-refractivity contribution in [3.8, 4) is 33.8 Å². The number of para-hydroxylation sites is 2. The summed E-state index contributed by atoms with van der Waals surface area (Å²) in [4.78, 5) is 12.9. The van der Waals surface area contributed by atoms with Crippen LogP contribution in [0.2, 0.25) is 0 Å². The first-order valence-corrected chi connectivity index (χ1v) is 11.8. The van der Waals surface area contributed by atoms with E-state index in [0.29, 0.717) is 0 Å². The minimum atomic E-state index is 0.784. The number of aromatic nitrogens is 3. The van der Waals surface area contributed by atoms with Gasteiger partial charge in [0.25, 0.3) is 0 Å². The fourth-order valence-corrected chi connectivity index (χ4v) is 5.11. The van der Waals surface area contributed by atoms with Crippen LogP contribution in [0, 0.1) is 0 Å². The number of hydrogen-bond donors (Lipinski definition) is 1. The smallest absolute Gasteiger partial charge is 0.157 e. The van der Waals surface area contributed by atoms with Gasteiger partial charge in [0.1, 0.15) is 5.69 Å². The lowest BCUT2D eigenvalue weighted by Gasteiger charge is -2.17. The van der Waals surface area contributed by atoms with Gasteiger partial charge in [0.15, 0.2) is 5.82 Å². The van der Waals surface area contributed by atoms with Crippen molar-refractivity contribution >= 4 is 32.6 Å². The molecule has 0 atom stereocenters. The summed E-state index contributed by atoms with van der Waals surface area (Å²) >= 11 is 0. The number of aromatic amines is 1. The van der Waals surface area contributed by atoms with Gasteiger partial charge in [0, 0.05) is 11.8 Å². The maximum Gasteiger partial charge on any atom is 0.157 e. The number of nitrogens with zero attached hydrogens (tertiary/aromatic N) is 2. The largest absolute Gasteiger partial charge is 0.337 e. The van der Waals surface area contributed by atoms with Crippen molar-refractivity contribution in [3.05, 3.63) is 121 Å². The Balaban J connectivity index is 1.46. The second-order valence-corrected chi connectivity index (χ2v) is 8.74. The molecule has 2 heterocycles. The fourth-order valence-electron chi connectivity index (χ4n) is 5.11. The number of hydrogen-bond acceptors (Lipinski definition) is 2. The molecule has 0 bridgehead atoms. The molecule has 0 saturated carbocycles. The van der Waals surface area contributed by atoms with Gasteiger partial charge in [-0.1, -0.05) is 97.1 Å². The molecule has 0 spiro atoms. The van der Waals surface area contributed by atoms with Crippen molar-refractivity contribution in [3.63, 3.8) is 0 Å². The molecule has 0 aliphatic heterocycles. The molecule has 0 saturated heterocycles. The molecule has 35 heavy (non-hydrogen) atoms. The van der Waals surface area contributed by atoms with E-state index in [9.17, 15) is 0 Å². The van der Waals surface area contributed by atoms with E-state index in [0.717, 1.165) is 28.1 Å². The van der Waals surface area contributed by atoms with Crippen LogP contribution in [0.1, 0.15) is 0 Å². The van der Waals surface area contributed by atoms with E-state index in [1.807, 2.05) is 30.5 Å². The summed E-state index contributed by atoms with van der Waals surface area (Å²) in [6.07, 6.45) is 1.97. The normalized spacial score (nSPS) is 11.4. The molecule has 2 aromatic heterocycles. The number of rotatable bonds is 3. The topological polar surface area (TPSA) is 41.6 Å². The molecule has 7 aromatic rings. The monoisotopic (exact) mass is 447 g/mol. The van der Waals surface area contributed by atoms with Crippen molar-refractivity contribution in [1.82, 2.24) is 15.0 Å². The summed E-state index contributed by atoms with van der Waals surface area (Å²) in [6, 6.07) is 40.3. The number of imidazole rings is 1. The van der Waals surface area contributed by atoms with Crippen LogP contribution < -0.4 is 0 Å². The van der Waals surface area contributed by atoms with Gasteiger partial charge >= 0.3 is 0 Å². The number of fused-ring (bicyclic) bond motifs is 3. The molecule has 5 aromatic carbocycles. The van der Waals surface area contributed by atoms with Crippen molar-refractivity contribution in [2.75, 3.05) is 0 Å². The fraction of sp³-hybridized carbons (Fsp3) is 0. The zero-order valence-electron chi connectivity index (χ0n) is 18.9. The molecule has 0 aliphatic carbocycles. The second kappa shape index (κ2) is 7.93. The minimum absolute atomic E-state index is 0.784. The van der Waals surface area contributed by atoms with Crippen LogP contribution in [0.15, 0.2) is 121 Å². The highest BCUT2D eigenvalue weighted by Gasteiger charge is 2.16. The Morgan fingerprint density at radius 2 is 1.06 bits per heavy atom. The Morgan fingerprint density at radius 3 is 1.66 bits per heavy atom. The van der Waals surface area contributed by atoms with Crippen molar-refractivity contribution in [2.24, 2.45) is 0 Å². The average Bonchev–Trinajstić information content (AvgIpc) is 3.37. The van der Waals surface area contributed by atoms with Crippen LogP contribution in [0.4, 0.5) is 0 Å². The molecule has 0 aliphatic rings. The highest BCUT2D eigenvalue weighted by molar-refractivity contribution is 6.21. The Hall–Kier alpha value is -4.76. The number of benzene rings is 5. The van der Waals surface area contributed by atoms with E-state index in [-0.39, 0.29) is 0 Å². The lowest BCUT2D eigenvalue weighted by atomic mass is 9.86. The van der Waals surface area contributed by atoms with Crippen molar-refractivity contribution in [2.45, 2.75) is 0 Å². The third-order valence-electron chi connectivity index (χ3n) is 6.68. The highest BCUT2D eigenvalue weighted by atomic mass is 14.9. The maximum atomic E-state index is 4.82. The molecule has 0 radical (unpaired) electrons. The van der Waals surface area contributed by atoms with E-state index < -0.39 is 0 Å². The Labute approximate surface area is 202 Å². The van der Waals surface area contributed by atoms with Gasteiger partial charge in [-0.25, -0.2) is 4.98 Å². The first-order chi connectivity index (χ1) is 17.4. The standard InChI is InChI=1S/C32H21N3/c1-2-10-21(11-3-1)30-23-12-4-6-14-25(23)31(26-15-7-5-13-24(26)30)22-18-19-29(33-20-22)32-34-27-16-8-9-17-28(27)35-32/h1-20H,(H,34,35). The first-order valence-electron chi connectivity index (χ1n) is 11.8. The van der Waals surface area contributed by atoms with Crippen molar-refractivity contribution in [1.29, 1.82) is 0 Å². The zero-order chi connectivity index (χ0) is 23.2. The van der Waals surface area contributed by atoms with Crippen LogP contribution in [-0.2, 0) is 0 Å². The van der Waals surface area contributed by atoms with E-state index in [4.69, 9.17) is 9.97 Å². The van der Waals surface area contributed by atoms with Crippen LogP contribution in [0.5, 0.6) is 0 Å². The summed E-state index contributed by atoms with van der Waals surface area (Å²) in [7, 11) is 0. The van der Waals surface area contributed by atoms with Crippen LogP contribution >= 0.6 is 0 Å². The van der Waals surface area contributed by atoms with E-state index >= 15 is 0 Å². The Bertz CT molecular complexity index is 1740. The molecule has 0 amide bonds. The second-order valence-electron chi connectivity index (χ2n) is 8.74. The predicted molar refractivity (Wildman–Crippen MR) is 145 cm³/mol. The Kier molecular flexibility index (Phi) is 4.46. The van der Waals surface area contributed by atoms with Gasteiger partial charge in [-0.2, -0.15) is 0 Å². The number of pyridine rings is 1. The molecule has 7 rings (SSSR count). The summed E-state index contributed by atoms with van der Waals surface area (Å²) in [6.45, 7) is 0. The van der Waals surface area contributed by atoms with Gasteiger partial charge in [-0.05, 0) is 56.4 Å². The molecule has 0 fully saturated rings. The Morgan fingerprint density at radius 1 is 0.486 bits per heavy atom. The first kappa shape index (κ1) is 19.7. The summed E-state index contributed by atoms with van der Waals surface area (Å²) < 4.78 is 0. The van der Waals surface area contributed by atoms with Crippen LogP contribution in [0.3, 0.4) is 0 Å². The molecule has 0 unspecified atom stereocenters. The van der Waals surface area contributed by atoms with Crippen LogP contribution in [-0.4, -0.2) is 15.0 Å². The van der Waals surface area contributed by atoms with Gasteiger partial charge in [-0.15, -0.1) is 0 Å². The van der Waals surface area contributed by atoms with Crippen molar-refractivity contribution < 1.29 is 0 Å².